The van der Waals surface area contributed by atoms with Crippen LogP contribution in [-0.4, -0.2) is 23.8 Å². The number of carbonyl (C=O) groups is 1. The Kier molecular flexibility index (Phi) is 1.81. The zero-order valence-electron chi connectivity index (χ0n) is 6.66. The molecular weight excluding hydrogens is 142 g/mol. The number of rotatable bonds is 2. The Morgan fingerprint density at radius 2 is 2.36 bits per heavy atom. The molecule has 3 nitrogen and oxygen atoms in total. The topological polar surface area (TPSA) is 49.7 Å². The second-order valence-corrected chi connectivity index (χ2v) is 3.11. The summed E-state index contributed by atoms with van der Waals surface area (Å²) >= 11 is 0. The van der Waals surface area contributed by atoms with Crippen molar-refractivity contribution in [1.82, 2.24) is 0 Å². The van der Waals surface area contributed by atoms with Gasteiger partial charge in [-0.15, -0.1) is 0 Å². The van der Waals surface area contributed by atoms with Crippen LogP contribution < -0.4 is 0 Å². The van der Waals surface area contributed by atoms with Gasteiger partial charge in [-0.05, 0) is 25.5 Å². The zero-order valence-corrected chi connectivity index (χ0v) is 6.66. The number of allylic oxidation sites excluding steroid dienone is 1. The third-order valence-electron chi connectivity index (χ3n) is 1.98. The fourth-order valence-corrected chi connectivity index (χ4v) is 0.890. The van der Waals surface area contributed by atoms with E-state index in [1.165, 1.54) is 0 Å². The van der Waals surface area contributed by atoms with Crippen LogP contribution in [0, 0.1) is 5.41 Å². The number of carboxylic acid groups (broad SMARTS) is 1. The summed E-state index contributed by atoms with van der Waals surface area (Å²) in [7, 11) is 0. The van der Waals surface area contributed by atoms with Gasteiger partial charge in [0.1, 0.15) is 0 Å². The molecule has 0 fully saturated rings. The standard InChI is InChI=1S/C8H11NO2/c1-8(2,7(10)11)6-3-4-9-5-6/h3-4H,5H2,1-2H3,(H,10,11). The Bertz CT molecular complexity index is 238. The van der Waals surface area contributed by atoms with E-state index in [1.54, 1.807) is 26.1 Å². The van der Waals surface area contributed by atoms with Gasteiger partial charge in [-0.25, -0.2) is 0 Å². The molecule has 60 valence electrons. The smallest absolute Gasteiger partial charge is 0.313 e. The van der Waals surface area contributed by atoms with E-state index in [1.807, 2.05) is 0 Å². The Morgan fingerprint density at radius 1 is 1.73 bits per heavy atom. The summed E-state index contributed by atoms with van der Waals surface area (Å²) in [5.74, 6) is -0.797. The van der Waals surface area contributed by atoms with Gasteiger partial charge in [-0.3, -0.25) is 9.79 Å². The third-order valence-corrected chi connectivity index (χ3v) is 1.98. The molecule has 0 aromatic carbocycles. The molecule has 1 aliphatic rings. The number of hydrogen-bond donors (Lipinski definition) is 1. The van der Waals surface area contributed by atoms with Crippen LogP contribution in [0.4, 0.5) is 0 Å². The fourth-order valence-electron chi connectivity index (χ4n) is 0.890. The monoisotopic (exact) mass is 153 g/mol. The average molecular weight is 153 g/mol. The average Bonchev–Trinajstić information content (AvgIpc) is 2.37. The first-order valence-electron chi connectivity index (χ1n) is 3.48. The lowest BCUT2D eigenvalue weighted by molar-refractivity contribution is -0.144. The highest BCUT2D eigenvalue weighted by atomic mass is 16.4. The van der Waals surface area contributed by atoms with E-state index in [0.29, 0.717) is 6.54 Å². The van der Waals surface area contributed by atoms with Crippen LogP contribution in [0.2, 0.25) is 0 Å². The van der Waals surface area contributed by atoms with E-state index >= 15 is 0 Å². The van der Waals surface area contributed by atoms with Gasteiger partial charge in [0, 0.05) is 6.21 Å². The lowest BCUT2D eigenvalue weighted by Gasteiger charge is -2.19. The van der Waals surface area contributed by atoms with Crippen molar-refractivity contribution in [2.45, 2.75) is 13.8 Å². The van der Waals surface area contributed by atoms with Gasteiger partial charge in [-0.1, -0.05) is 0 Å². The molecule has 0 saturated heterocycles. The normalized spacial score (nSPS) is 16.7. The SMILES string of the molecule is CC(C)(C(=O)O)C1=CC=NC1. The molecule has 0 radical (unpaired) electrons. The van der Waals surface area contributed by atoms with Crippen molar-refractivity contribution in [3.63, 3.8) is 0 Å². The second kappa shape index (κ2) is 2.49. The summed E-state index contributed by atoms with van der Waals surface area (Å²) in [6, 6.07) is 0. The van der Waals surface area contributed by atoms with Crippen molar-refractivity contribution in [3.05, 3.63) is 11.6 Å². The summed E-state index contributed by atoms with van der Waals surface area (Å²) in [5, 5.41) is 8.81. The molecule has 0 aromatic heterocycles. The highest BCUT2D eigenvalue weighted by Gasteiger charge is 2.31. The van der Waals surface area contributed by atoms with E-state index in [-0.39, 0.29) is 0 Å². The van der Waals surface area contributed by atoms with Crippen LogP contribution in [0.15, 0.2) is 16.6 Å². The van der Waals surface area contributed by atoms with Crippen LogP contribution in [0.5, 0.6) is 0 Å². The summed E-state index contributed by atoms with van der Waals surface area (Å²) in [4.78, 5) is 14.6. The van der Waals surface area contributed by atoms with Gasteiger partial charge in [0.25, 0.3) is 0 Å². The van der Waals surface area contributed by atoms with Gasteiger partial charge < -0.3 is 5.11 Å². The maximum Gasteiger partial charge on any atom is 0.313 e. The number of carboxylic acids is 1. The van der Waals surface area contributed by atoms with Gasteiger partial charge in [-0.2, -0.15) is 0 Å². The van der Waals surface area contributed by atoms with E-state index in [0.717, 1.165) is 5.57 Å². The first kappa shape index (κ1) is 7.98. The lowest BCUT2D eigenvalue weighted by Crippen LogP contribution is -2.26. The lowest BCUT2D eigenvalue weighted by atomic mass is 9.85. The van der Waals surface area contributed by atoms with Crippen LogP contribution in [0.25, 0.3) is 0 Å². The summed E-state index contributed by atoms with van der Waals surface area (Å²) in [5.41, 5.74) is 0.0984. The molecule has 0 unspecified atom stereocenters. The van der Waals surface area contributed by atoms with Crippen LogP contribution in [-0.2, 0) is 4.79 Å². The maximum absolute atomic E-state index is 10.7. The van der Waals surface area contributed by atoms with E-state index < -0.39 is 11.4 Å². The molecule has 1 heterocycles. The molecule has 11 heavy (non-hydrogen) atoms. The molecule has 0 saturated carbocycles. The molecule has 0 aliphatic carbocycles. The van der Waals surface area contributed by atoms with Crippen LogP contribution >= 0.6 is 0 Å². The predicted molar refractivity (Wildman–Crippen MR) is 42.9 cm³/mol. The maximum atomic E-state index is 10.7. The largest absolute Gasteiger partial charge is 0.481 e. The molecule has 1 rings (SSSR count). The molecule has 0 atom stereocenters. The molecule has 0 bridgehead atoms. The van der Waals surface area contributed by atoms with Gasteiger partial charge in [0.05, 0.1) is 12.0 Å². The molecule has 1 N–H and O–H groups in total. The Balaban J connectivity index is 2.81. The fraction of sp³-hybridized carbons (Fsp3) is 0.500. The Hall–Kier alpha value is -1.12. The van der Waals surface area contributed by atoms with Crippen molar-refractivity contribution in [1.29, 1.82) is 0 Å². The van der Waals surface area contributed by atoms with Crippen LogP contribution in [0.3, 0.4) is 0 Å². The summed E-state index contributed by atoms with van der Waals surface area (Å²) < 4.78 is 0. The molecule has 0 aromatic rings. The molecule has 3 heteroatoms. The van der Waals surface area contributed by atoms with Crippen molar-refractivity contribution in [2.24, 2.45) is 10.4 Å². The third kappa shape index (κ3) is 1.31. The van der Waals surface area contributed by atoms with E-state index in [9.17, 15) is 4.79 Å². The Morgan fingerprint density at radius 3 is 2.73 bits per heavy atom. The minimum absolute atomic E-state index is 0.527. The number of aliphatic imine (C=N–C) groups is 1. The second-order valence-electron chi connectivity index (χ2n) is 3.11. The molecule has 1 aliphatic heterocycles. The van der Waals surface area contributed by atoms with Crippen molar-refractivity contribution < 1.29 is 9.90 Å². The van der Waals surface area contributed by atoms with Gasteiger partial charge >= 0.3 is 5.97 Å². The van der Waals surface area contributed by atoms with Gasteiger partial charge in [0.2, 0.25) is 0 Å². The Labute approximate surface area is 65.4 Å². The first-order valence-corrected chi connectivity index (χ1v) is 3.48. The van der Waals surface area contributed by atoms with Crippen molar-refractivity contribution >= 4 is 12.2 Å². The van der Waals surface area contributed by atoms with Crippen molar-refractivity contribution in [3.8, 4) is 0 Å². The first-order chi connectivity index (χ1) is 5.05. The summed E-state index contributed by atoms with van der Waals surface area (Å²) in [6.07, 6.45) is 3.42. The van der Waals surface area contributed by atoms with E-state index in [4.69, 9.17) is 5.11 Å². The molecule has 0 amide bonds. The van der Waals surface area contributed by atoms with Gasteiger partial charge in [0.15, 0.2) is 0 Å². The number of hydrogen-bond acceptors (Lipinski definition) is 2. The van der Waals surface area contributed by atoms with Crippen LogP contribution in [0.1, 0.15) is 13.8 Å². The summed E-state index contributed by atoms with van der Waals surface area (Å²) in [6.45, 7) is 3.91. The predicted octanol–water partition coefficient (Wildman–Crippen LogP) is 1.11. The zero-order chi connectivity index (χ0) is 8.48. The minimum Gasteiger partial charge on any atom is -0.481 e. The highest BCUT2D eigenvalue weighted by Crippen LogP contribution is 2.27. The molecule has 0 spiro atoms. The quantitative estimate of drug-likeness (QED) is 0.646. The minimum atomic E-state index is -0.797. The van der Waals surface area contributed by atoms with Crippen molar-refractivity contribution in [2.75, 3.05) is 6.54 Å². The highest BCUT2D eigenvalue weighted by molar-refractivity contribution is 5.83. The number of nitrogens with zero attached hydrogens (tertiary/aromatic N) is 1. The van der Waals surface area contributed by atoms with E-state index in [2.05, 4.69) is 4.99 Å². The number of aliphatic carboxylic acids is 1. The molecular formula is C8H11NO2.